The van der Waals surface area contributed by atoms with Crippen molar-refractivity contribution in [2.24, 2.45) is 0 Å². The van der Waals surface area contributed by atoms with Crippen LogP contribution in [0.2, 0.25) is 15.1 Å². The van der Waals surface area contributed by atoms with E-state index in [4.69, 9.17) is 34.8 Å². The largest absolute Gasteiger partial charge is 0.289 e. The molecule has 0 heterocycles. The van der Waals surface area contributed by atoms with Gasteiger partial charge in [-0.05, 0) is 42.0 Å². The Morgan fingerprint density at radius 3 is 2.37 bits per heavy atom. The first-order chi connectivity index (χ1) is 9.06. The molecule has 0 atom stereocenters. The second-order valence-electron chi connectivity index (χ2n) is 3.87. The summed E-state index contributed by atoms with van der Waals surface area (Å²) in [5.74, 6) is -0.131. The van der Waals surface area contributed by atoms with E-state index in [0.29, 0.717) is 20.6 Å². The van der Waals surface area contributed by atoms with E-state index in [0.717, 1.165) is 5.56 Å². The van der Waals surface area contributed by atoms with Crippen LogP contribution in [0.4, 0.5) is 0 Å². The molecule has 96 valence electrons. The number of allylic oxidation sites excluding steroid dienone is 1. The number of carbonyl (C=O) groups is 1. The van der Waals surface area contributed by atoms with Crippen LogP contribution in [0.1, 0.15) is 15.9 Å². The van der Waals surface area contributed by atoms with E-state index in [1.54, 1.807) is 48.5 Å². The van der Waals surface area contributed by atoms with Gasteiger partial charge in [0, 0.05) is 20.6 Å². The zero-order valence-corrected chi connectivity index (χ0v) is 12.0. The molecule has 0 aromatic heterocycles. The molecular weight excluding hydrogens is 303 g/mol. The number of ketones is 1. The van der Waals surface area contributed by atoms with Crippen LogP contribution < -0.4 is 0 Å². The molecule has 0 saturated carbocycles. The SMILES string of the molecule is O=C(C=Cc1ccc(Cl)cc1Cl)c1cccc(Cl)c1. The zero-order valence-electron chi connectivity index (χ0n) is 9.74. The molecule has 0 bridgehead atoms. The Morgan fingerprint density at radius 2 is 1.68 bits per heavy atom. The van der Waals surface area contributed by atoms with E-state index < -0.39 is 0 Å². The second-order valence-corrected chi connectivity index (χ2v) is 5.15. The van der Waals surface area contributed by atoms with Gasteiger partial charge in [0.25, 0.3) is 0 Å². The predicted octanol–water partition coefficient (Wildman–Crippen LogP) is 5.54. The summed E-state index contributed by atoms with van der Waals surface area (Å²) in [5, 5.41) is 1.59. The van der Waals surface area contributed by atoms with Crippen LogP contribution >= 0.6 is 34.8 Å². The first-order valence-corrected chi connectivity index (χ1v) is 6.63. The fourth-order valence-corrected chi connectivity index (χ4v) is 2.20. The van der Waals surface area contributed by atoms with Crippen molar-refractivity contribution in [3.63, 3.8) is 0 Å². The smallest absolute Gasteiger partial charge is 0.185 e. The highest BCUT2D eigenvalue weighted by Crippen LogP contribution is 2.22. The van der Waals surface area contributed by atoms with Crippen molar-refractivity contribution in [3.05, 3.63) is 74.7 Å². The number of carbonyl (C=O) groups excluding carboxylic acids is 1. The number of rotatable bonds is 3. The Bertz CT molecular complexity index is 648. The molecule has 0 radical (unpaired) electrons. The lowest BCUT2D eigenvalue weighted by atomic mass is 10.1. The van der Waals surface area contributed by atoms with Crippen LogP contribution in [-0.2, 0) is 0 Å². The minimum Gasteiger partial charge on any atom is -0.289 e. The minimum absolute atomic E-state index is 0.131. The monoisotopic (exact) mass is 310 g/mol. The van der Waals surface area contributed by atoms with Gasteiger partial charge >= 0.3 is 0 Å². The van der Waals surface area contributed by atoms with Gasteiger partial charge in [0.1, 0.15) is 0 Å². The summed E-state index contributed by atoms with van der Waals surface area (Å²) in [5.41, 5.74) is 1.27. The highest BCUT2D eigenvalue weighted by molar-refractivity contribution is 6.35. The van der Waals surface area contributed by atoms with Crippen molar-refractivity contribution in [1.82, 2.24) is 0 Å². The van der Waals surface area contributed by atoms with Crippen LogP contribution in [0.5, 0.6) is 0 Å². The number of hydrogen-bond acceptors (Lipinski definition) is 1. The molecule has 0 fully saturated rings. The van der Waals surface area contributed by atoms with Crippen LogP contribution in [0.3, 0.4) is 0 Å². The molecule has 2 rings (SSSR count). The lowest BCUT2D eigenvalue weighted by molar-refractivity contribution is 0.104. The van der Waals surface area contributed by atoms with Crippen molar-refractivity contribution in [2.75, 3.05) is 0 Å². The lowest BCUT2D eigenvalue weighted by Gasteiger charge is -1.99. The summed E-state index contributed by atoms with van der Waals surface area (Å²) >= 11 is 17.7. The van der Waals surface area contributed by atoms with Gasteiger partial charge < -0.3 is 0 Å². The maximum Gasteiger partial charge on any atom is 0.185 e. The molecule has 0 unspecified atom stereocenters. The molecule has 0 spiro atoms. The topological polar surface area (TPSA) is 17.1 Å². The average Bonchev–Trinajstić information content (AvgIpc) is 2.37. The Labute approximate surface area is 126 Å². The van der Waals surface area contributed by atoms with Crippen molar-refractivity contribution < 1.29 is 4.79 Å². The molecular formula is C15H9Cl3O. The molecule has 1 nitrogen and oxygen atoms in total. The summed E-state index contributed by atoms with van der Waals surface area (Å²) in [6, 6.07) is 11.9. The summed E-state index contributed by atoms with van der Waals surface area (Å²) in [4.78, 5) is 11.9. The summed E-state index contributed by atoms with van der Waals surface area (Å²) in [6.45, 7) is 0. The molecule has 0 amide bonds. The number of halogens is 3. The van der Waals surface area contributed by atoms with Crippen LogP contribution in [0.15, 0.2) is 48.5 Å². The Kier molecular flexibility index (Phi) is 4.65. The summed E-state index contributed by atoms with van der Waals surface area (Å²) in [7, 11) is 0. The second kappa shape index (κ2) is 6.25. The maximum absolute atomic E-state index is 11.9. The minimum atomic E-state index is -0.131. The van der Waals surface area contributed by atoms with Gasteiger partial charge in [-0.15, -0.1) is 0 Å². The van der Waals surface area contributed by atoms with Gasteiger partial charge in [-0.25, -0.2) is 0 Å². The van der Waals surface area contributed by atoms with E-state index >= 15 is 0 Å². The van der Waals surface area contributed by atoms with Crippen molar-refractivity contribution in [3.8, 4) is 0 Å². The molecule has 0 aliphatic rings. The first-order valence-electron chi connectivity index (χ1n) is 5.49. The van der Waals surface area contributed by atoms with E-state index in [9.17, 15) is 4.79 Å². The Hall–Kier alpha value is -1.28. The van der Waals surface area contributed by atoms with Crippen LogP contribution in [0.25, 0.3) is 6.08 Å². The van der Waals surface area contributed by atoms with Gasteiger partial charge in [0.15, 0.2) is 5.78 Å². The third-order valence-electron chi connectivity index (χ3n) is 2.49. The van der Waals surface area contributed by atoms with E-state index in [2.05, 4.69) is 0 Å². The molecule has 0 aliphatic heterocycles. The van der Waals surface area contributed by atoms with Gasteiger partial charge in [0.05, 0.1) is 0 Å². The lowest BCUT2D eigenvalue weighted by Crippen LogP contribution is -1.93. The fraction of sp³-hybridized carbons (Fsp3) is 0. The zero-order chi connectivity index (χ0) is 13.8. The van der Waals surface area contributed by atoms with Crippen molar-refractivity contribution in [2.45, 2.75) is 0 Å². The number of benzene rings is 2. The maximum atomic E-state index is 11.9. The van der Waals surface area contributed by atoms with Crippen LogP contribution in [-0.4, -0.2) is 5.78 Å². The van der Waals surface area contributed by atoms with Crippen LogP contribution in [0, 0.1) is 0 Å². The first kappa shape index (κ1) is 14.1. The van der Waals surface area contributed by atoms with Crippen molar-refractivity contribution in [1.29, 1.82) is 0 Å². The van der Waals surface area contributed by atoms with E-state index in [1.807, 2.05) is 0 Å². The van der Waals surface area contributed by atoms with E-state index in [-0.39, 0.29) is 5.78 Å². The Morgan fingerprint density at radius 1 is 0.947 bits per heavy atom. The predicted molar refractivity (Wildman–Crippen MR) is 81.3 cm³/mol. The average molecular weight is 312 g/mol. The third-order valence-corrected chi connectivity index (χ3v) is 3.28. The molecule has 4 heteroatoms. The summed E-state index contributed by atoms with van der Waals surface area (Å²) in [6.07, 6.45) is 3.11. The van der Waals surface area contributed by atoms with Gasteiger partial charge in [-0.1, -0.05) is 53.0 Å². The summed E-state index contributed by atoms with van der Waals surface area (Å²) < 4.78 is 0. The quantitative estimate of drug-likeness (QED) is 0.537. The molecule has 2 aromatic rings. The normalized spacial score (nSPS) is 10.9. The molecule has 0 aliphatic carbocycles. The van der Waals surface area contributed by atoms with Gasteiger partial charge in [0.2, 0.25) is 0 Å². The molecule has 0 N–H and O–H groups in total. The fourth-order valence-electron chi connectivity index (χ4n) is 1.54. The highest BCUT2D eigenvalue weighted by Gasteiger charge is 2.03. The molecule has 0 saturated heterocycles. The molecule has 19 heavy (non-hydrogen) atoms. The van der Waals surface area contributed by atoms with E-state index in [1.165, 1.54) is 6.08 Å². The van der Waals surface area contributed by atoms with Crippen molar-refractivity contribution >= 4 is 46.7 Å². The highest BCUT2D eigenvalue weighted by atomic mass is 35.5. The Balaban J connectivity index is 2.21. The van der Waals surface area contributed by atoms with Gasteiger partial charge in [-0.3, -0.25) is 4.79 Å². The third kappa shape index (κ3) is 3.84. The standard InChI is InChI=1S/C15H9Cl3O/c16-12-3-1-2-11(8-12)15(19)7-5-10-4-6-13(17)9-14(10)18/h1-9H. The van der Waals surface area contributed by atoms with Gasteiger partial charge in [-0.2, -0.15) is 0 Å². The number of hydrogen-bond donors (Lipinski definition) is 0. The molecule has 2 aromatic carbocycles.